The molecule has 2 unspecified atom stereocenters. The van der Waals surface area contributed by atoms with Gasteiger partial charge in [-0.2, -0.15) is 4.31 Å². The third-order valence-corrected chi connectivity index (χ3v) is 7.94. The summed E-state index contributed by atoms with van der Waals surface area (Å²) in [5.41, 5.74) is 0.139. The molecule has 0 bridgehead atoms. The van der Waals surface area contributed by atoms with Gasteiger partial charge in [0.1, 0.15) is 10.7 Å². The van der Waals surface area contributed by atoms with Crippen LogP contribution in [0.3, 0.4) is 0 Å². The molecule has 7 heteroatoms. The van der Waals surface area contributed by atoms with E-state index in [0.29, 0.717) is 18.0 Å². The highest BCUT2D eigenvalue weighted by atomic mass is 32.2. The molecule has 1 N–H and O–H groups in total. The Kier molecular flexibility index (Phi) is 5.89. The van der Waals surface area contributed by atoms with Crippen molar-refractivity contribution in [3.05, 3.63) is 18.3 Å². The summed E-state index contributed by atoms with van der Waals surface area (Å²) in [5, 5.41) is 3.44. The van der Waals surface area contributed by atoms with Crippen molar-refractivity contribution in [2.24, 2.45) is 5.92 Å². The minimum Gasteiger partial charge on any atom is -0.368 e. The standard InChI is InChI=1S/C19H32N4O2S/c1-16-7-6-10-19(13-16,22(2)3)15-21-18-9-8-17(14-20-18)26(24,25)23-11-4-5-12-23/h8-9,14,16H,4-7,10-13,15H2,1-3H3,(H,20,21). The maximum Gasteiger partial charge on any atom is 0.244 e. The van der Waals surface area contributed by atoms with Crippen LogP contribution < -0.4 is 5.32 Å². The number of hydrogen-bond acceptors (Lipinski definition) is 5. The van der Waals surface area contributed by atoms with Crippen LogP contribution in [0.25, 0.3) is 0 Å². The Morgan fingerprint density at radius 1 is 1.27 bits per heavy atom. The van der Waals surface area contributed by atoms with Crippen molar-refractivity contribution in [1.82, 2.24) is 14.2 Å². The van der Waals surface area contributed by atoms with E-state index >= 15 is 0 Å². The van der Waals surface area contributed by atoms with E-state index in [9.17, 15) is 8.42 Å². The molecule has 2 fully saturated rings. The number of pyridine rings is 1. The first kappa shape index (κ1) is 19.6. The Morgan fingerprint density at radius 3 is 2.58 bits per heavy atom. The lowest BCUT2D eigenvalue weighted by Crippen LogP contribution is -2.52. The summed E-state index contributed by atoms with van der Waals surface area (Å²) < 4.78 is 26.7. The van der Waals surface area contributed by atoms with Crippen LogP contribution in [0.4, 0.5) is 5.82 Å². The summed E-state index contributed by atoms with van der Waals surface area (Å²) in [4.78, 5) is 7.00. The number of aromatic nitrogens is 1. The van der Waals surface area contributed by atoms with Gasteiger partial charge in [0.2, 0.25) is 10.0 Å². The molecule has 3 rings (SSSR count). The number of anilines is 1. The summed E-state index contributed by atoms with van der Waals surface area (Å²) in [5.74, 6) is 1.47. The Morgan fingerprint density at radius 2 is 2.00 bits per heavy atom. The Labute approximate surface area is 158 Å². The van der Waals surface area contributed by atoms with Gasteiger partial charge in [0.05, 0.1) is 0 Å². The van der Waals surface area contributed by atoms with Crippen LogP contribution >= 0.6 is 0 Å². The van der Waals surface area contributed by atoms with Gasteiger partial charge in [-0.05, 0) is 57.8 Å². The average Bonchev–Trinajstić information content (AvgIpc) is 3.16. The molecule has 1 aromatic heterocycles. The Bertz CT molecular complexity index is 699. The second-order valence-corrected chi connectivity index (χ2v) is 10.1. The molecule has 6 nitrogen and oxygen atoms in total. The van der Waals surface area contributed by atoms with Gasteiger partial charge in [0.25, 0.3) is 0 Å². The van der Waals surface area contributed by atoms with Gasteiger partial charge in [-0.25, -0.2) is 13.4 Å². The smallest absolute Gasteiger partial charge is 0.244 e. The molecular weight excluding hydrogens is 348 g/mol. The van der Waals surface area contributed by atoms with Crippen molar-refractivity contribution in [2.75, 3.05) is 39.0 Å². The highest BCUT2D eigenvalue weighted by Crippen LogP contribution is 2.35. The molecule has 26 heavy (non-hydrogen) atoms. The van der Waals surface area contributed by atoms with Gasteiger partial charge < -0.3 is 10.2 Å². The van der Waals surface area contributed by atoms with Crippen LogP contribution in [0.15, 0.2) is 23.2 Å². The number of likely N-dealkylation sites (N-methyl/N-ethyl adjacent to an activating group) is 1. The van der Waals surface area contributed by atoms with E-state index in [4.69, 9.17) is 0 Å². The maximum absolute atomic E-state index is 12.6. The molecule has 0 amide bonds. The SMILES string of the molecule is CC1CCCC(CNc2ccc(S(=O)(=O)N3CCCC3)cn2)(N(C)C)C1. The lowest BCUT2D eigenvalue weighted by Gasteiger charge is -2.45. The molecule has 2 atom stereocenters. The third-order valence-electron chi connectivity index (χ3n) is 6.05. The second kappa shape index (κ2) is 7.82. The lowest BCUT2D eigenvalue weighted by atomic mass is 9.75. The lowest BCUT2D eigenvalue weighted by molar-refractivity contribution is 0.0881. The molecule has 0 spiro atoms. The normalized spacial score (nSPS) is 27.8. The highest BCUT2D eigenvalue weighted by Gasteiger charge is 2.36. The van der Waals surface area contributed by atoms with E-state index in [2.05, 4.69) is 36.2 Å². The Hall–Kier alpha value is -1.18. The van der Waals surface area contributed by atoms with Crippen molar-refractivity contribution in [3.8, 4) is 0 Å². The number of rotatable bonds is 6. The average molecular weight is 381 g/mol. The fourth-order valence-electron chi connectivity index (χ4n) is 4.33. The van der Waals surface area contributed by atoms with Crippen molar-refractivity contribution in [1.29, 1.82) is 0 Å². The van der Waals surface area contributed by atoms with Crippen molar-refractivity contribution < 1.29 is 8.42 Å². The predicted molar refractivity (Wildman–Crippen MR) is 105 cm³/mol. The first-order valence-electron chi connectivity index (χ1n) is 9.71. The van der Waals surface area contributed by atoms with Crippen LogP contribution in [0.1, 0.15) is 45.4 Å². The third kappa shape index (κ3) is 4.05. The van der Waals surface area contributed by atoms with Crippen LogP contribution in [-0.2, 0) is 10.0 Å². The fraction of sp³-hybridized carbons (Fsp3) is 0.737. The summed E-state index contributed by atoms with van der Waals surface area (Å²) >= 11 is 0. The predicted octanol–water partition coefficient (Wildman–Crippen LogP) is 2.79. The molecule has 1 aromatic rings. The van der Waals surface area contributed by atoms with E-state index in [1.54, 1.807) is 16.4 Å². The molecule has 1 aliphatic heterocycles. The van der Waals surface area contributed by atoms with E-state index in [1.807, 2.05) is 0 Å². The maximum atomic E-state index is 12.6. The first-order chi connectivity index (χ1) is 12.3. The van der Waals surface area contributed by atoms with Crippen LogP contribution in [0.2, 0.25) is 0 Å². The molecule has 0 radical (unpaired) electrons. The fourth-order valence-corrected chi connectivity index (χ4v) is 5.79. The van der Waals surface area contributed by atoms with Crippen LogP contribution in [-0.4, -0.2) is 61.9 Å². The number of nitrogens with one attached hydrogen (secondary N) is 1. The summed E-state index contributed by atoms with van der Waals surface area (Å²) in [6.07, 6.45) is 8.28. The van der Waals surface area contributed by atoms with Crippen molar-refractivity contribution in [3.63, 3.8) is 0 Å². The summed E-state index contributed by atoms with van der Waals surface area (Å²) in [6.45, 7) is 4.39. The van der Waals surface area contributed by atoms with Gasteiger partial charge >= 0.3 is 0 Å². The van der Waals surface area contributed by atoms with E-state index in [0.717, 1.165) is 31.1 Å². The van der Waals surface area contributed by atoms with Gasteiger partial charge in [-0.3, -0.25) is 0 Å². The molecule has 2 aliphatic rings. The Balaban J connectivity index is 1.67. The van der Waals surface area contributed by atoms with Crippen LogP contribution in [0, 0.1) is 5.92 Å². The van der Waals surface area contributed by atoms with Crippen molar-refractivity contribution in [2.45, 2.75) is 55.9 Å². The molecule has 1 saturated carbocycles. The van der Waals surface area contributed by atoms with Gasteiger partial charge in [0.15, 0.2) is 0 Å². The van der Waals surface area contributed by atoms with E-state index in [1.165, 1.54) is 31.9 Å². The molecule has 1 saturated heterocycles. The number of nitrogens with zero attached hydrogens (tertiary/aromatic N) is 3. The summed E-state index contributed by atoms with van der Waals surface area (Å²) in [7, 11) is 0.914. The zero-order chi connectivity index (χ0) is 18.8. The zero-order valence-electron chi connectivity index (χ0n) is 16.2. The molecule has 0 aromatic carbocycles. The molecule has 1 aliphatic carbocycles. The molecular formula is C19H32N4O2S. The first-order valence-corrected chi connectivity index (χ1v) is 11.1. The van der Waals surface area contributed by atoms with Crippen molar-refractivity contribution >= 4 is 15.8 Å². The topological polar surface area (TPSA) is 65.5 Å². The van der Waals surface area contributed by atoms with Crippen LogP contribution in [0.5, 0.6) is 0 Å². The minimum absolute atomic E-state index is 0.139. The summed E-state index contributed by atoms with van der Waals surface area (Å²) in [6, 6.07) is 3.47. The monoisotopic (exact) mass is 380 g/mol. The second-order valence-electron chi connectivity index (χ2n) is 8.16. The van der Waals surface area contributed by atoms with E-state index in [-0.39, 0.29) is 5.54 Å². The van der Waals surface area contributed by atoms with E-state index < -0.39 is 10.0 Å². The van der Waals surface area contributed by atoms with Gasteiger partial charge in [-0.1, -0.05) is 19.8 Å². The van der Waals surface area contributed by atoms with Gasteiger partial charge in [0, 0.05) is 31.4 Å². The number of hydrogen-bond donors (Lipinski definition) is 1. The highest BCUT2D eigenvalue weighted by molar-refractivity contribution is 7.89. The molecule has 2 heterocycles. The molecule has 146 valence electrons. The quantitative estimate of drug-likeness (QED) is 0.822. The number of sulfonamides is 1. The minimum atomic E-state index is -3.39. The zero-order valence-corrected chi connectivity index (χ0v) is 17.1. The largest absolute Gasteiger partial charge is 0.368 e. The van der Waals surface area contributed by atoms with Gasteiger partial charge in [-0.15, -0.1) is 0 Å².